The highest BCUT2D eigenvalue weighted by molar-refractivity contribution is 6.03. The summed E-state index contributed by atoms with van der Waals surface area (Å²) in [6.07, 6.45) is 1.56. The molecule has 4 rings (SSSR count). The van der Waals surface area contributed by atoms with Crippen molar-refractivity contribution in [3.05, 3.63) is 24.3 Å². The number of unbranched alkanes of at least 4 members (excludes halogenated alkanes) is 1. The Morgan fingerprint density at radius 2 is 1.86 bits per heavy atom. The molecule has 6 atom stereocenters. The second kappa shape index (κ2) is 10.6. The van der Waals surface area contributed by atoms with E-state index in [9.17, 15) is 19.5 Å². The maximum Gasteiger partial charge on any atom is 0.312 e. The standard InChI is InChI=1S/C28H41N3O6/c1-6-30(7-2)20-13-11-19(12-14-20)29-24(33)23-28-17-18(4)27(5,37-28)22(26(35)36-8-3)21(28)25(34)31(23)15-9-10-16-32/h11-14,18,21-23,32H,6-10,15-17H2,1-5H3,(H,29,33)/t18?,21-,22-,23?,27+,28?/m0/s1. The van der Waals surface area contributed by atoms with Crippen LogP contribution in [0.2, 0.25) is 0 Å². The highest BCUT2D eigenvalue weighted by Gasteiger charge is 2.80. The highest BCUT2D eigenvalue weighted by Crippen LogP contribution is 2.65. The van der Waals surface area contributed by atoms with E-state index in [1.54, 1.807) is 11.8 Å². The lowest BCUT2D eigenvalue weighted by atomic mass is 9.62. The Labute approximate surface area is 219 Å². The quantitative estimate of drug-likeness (QED) is 0.345. The van der Waals surface area contributed by atoms with E-state index in [2.05, 4.69) is 24.1 Å². The van der Waals surface area contributed by atoms with E-state index in [4.69, 9.17) is 9.47 Å². The van der Waals surface area contributed by atoms with Crippen LogP contribution in [0.25, 0.3) is 0 Å². The lowest BCUT2D eigenvalue weighted by Crippen LogP contribution is -2.54. The van der Waals surface area contributed by atoms with Crippen LogP contribution in [-0.2, 0) is 23.9 Å². The van der Waals surface area contributed by atoms with Gasteiger partial charge in [0, 0.05) is 37.6 Å². The zero-order valence-corrected chi connectivity index (χ0v) is 22.7. The van der Waals surface area contributed by atoms with Crippen molar-refractivity contribution in [1.82, 2.24) is 4.90 Å². The number of esters is 1. The molecule has 3 heterocycles. The first-order valence-electron chi connectivity index (χ1n) is 13.6. The SMILES string of the molecule is CCOC(=O)[C@@H]1[C@H]2C(=O)N(CCCCO)C(C(=O)Nc3ccc(N(CC)CC)cc3)C23CC(C)[C@@]1(C)O3. The van der Waals surface area contributed by atoms with E-state index in [0.717, 1.165) is 18.8 Å². The van der Waals surface area contributed by atoms with Crippen LogP contribution in [-0.4, -0.2) is 77.9 Å². The van der Waals surface area contributed by atoms with Crippen molar-refractivity contribution in [2.75, 3.05) is 43.1 Å². The van der Waals surface area contributed by atoms with Gasteiger partial charge in [-0.15, -0.1) is 0 Å². The van der Waals surface area contributed by atoms with E-state index in [1.165, 1.54) is 0 Å². The second-order valence-electron chi connectivity index (χ2n) is 10.6. The van der Waals surface area contributed by atoms with Gasteiger partial charge in [0.15, 0.2) is 0 Å². The van der Waals surface area contributed by atoms with Gasteiger partial charge in [-0.2, -0.15) is 0 Å². The normalized spacial score (nSPS) is 31.9. The number of nitrogens with zero attached hydrogens (tertiary/aromatic N) is 2. The zero-order chi connectivity index (χ0) is 27.0. The smallest absolute Gasteiger partial charge is 0.312 e. The molecule has 0 radical (unpaired) electrons. The summed E-state index contributed by atoms with van der Waals surface area (Å²) in [6.45, 7) is 12.1. The van der Waals surface area contributed by atoms with Crippen LogP contribution >= 0.6 is 0 Å². The molecule has 9 heteroatoms. The number of hydrogen-bond acceptors (Lipinski definition) is 7. The third-order valence-corrected chi connectivity index (χ3v) is 8.67. The van der Waals surface area contributed by atoms with Crippen LogP contribution < -0.4 is 10.2 Å². The number of rotatable bonds is 11. The number of hydrogen-bond donors (Lipinski definition) is 2. The number of ether oxygens (including phenoxy) is 2. The monoisotopic (exact) mass is 515 g/mol. The molecule has 3 saturated heterocycles. The summed E-state index contributed by atoms with van der Waals surface area (Å²) in [5, 5.41) is 12.3. The molecule has 1 spiro atoms. The van der Waals surface area contributed by atoms with Crippen LogP contribution in [0.4, 0.5) is 11.4 Å². The lowest BCUT2D eigenvalue weighted by molar-refractivity contribution is -0.160. The lowest BCUT2D eigenvalue weighted by Gasteiger charge is -2.35. The molecule has 204 valence electrons. The number of carbonyl (C=O) groups excluding carboxylic acids is 3. The number of anilines is 2. The molecule has 3 unspecified atom stereocenters. The van der Waals surface area contributed by atoms with Crippen molar-refractivity contribution < 1.29 is 29.0 Å². The highest BCUT2D eigenvalue weighted by atomic mass is 16.6. The Balaban J connectivity index is 1.67. The molecule has 2 amide bonds. The van der Waals surface area contributed by atoms with Crippen LogP contribution in [0.1, 0.15) is 53.9 Å². The number of carbonyl (C=O) groups is 3. The zero-order valence-electron chi connectivity index (χ0n) is 22.7. The summed E-state index contributed by atoms with van der Waals surface area (Å²) in [6, 6.07) is 6.80. The third-order valence-electron chi connectivity index (χ3n) is 8.67. The predicted molar refractivity (Wildman–Crippen MR) is 140 cm³/mol. The van der Waals surface area contributed by atoms with Gasteiger partial charge in [0.25, 0.3) is 0 Å². The molecular formula is C28H41N3O6. The molecule has 1 aromatic carbocycles. The van der Waals surface area contributed by atoms with Crippen LogP contribution in [0, 0.1) is 17.8 Å². The summed E-state index contributed by atoms with van der Waals surface area (Å²) in [4.78, 5) is 44.7. The Hall–Kier alpha value is -2.65. The summed E-state index contributed by atoms with van der Waals surface area (Å²) >= 11 is 0. The fraction of sp³-hybridized carbons (Fsp3) is 0.679. The number of aliphatic hydroxyl groups is 1. The molecular weight excluding hydrogens is 474 g/mol. The first-order chi connectivity index (χ1) is 17.7. The van der Waals surface area contributed by atoms with Crippen LogP contribution in [0.3, 0.4) is 0 Å². The van der Waals surface area contributed by atoms with Gasteiger partial charge in [0.05, 0.1) is 18.1 Å². The van der Waals surface area contributed by atoms with Crippen LogP contribution in [0.5, 0.6) is 0 Å². The second-order valence-corrected chi connectivity index (χ2v) is 10.6. The minimum absolute atomic E-state index is 0.00338. The largest absolute Gasteiger partial charge is 0.466 e. The van der Waals surface area contributed by atoms with Gasteiger partial charge in [0.2, 0.25) is 11.8 Å². The van der Waals surface area contributed by atoms with Gasteiger partial charge in [-0.1, -0.05) is 6.92 Å². The molecule has 1 aromatic rings. The Morgan fingerprint density at radius 3 is 2.46 bits per heavy atom. The minimum Gasteiger partial charge on any atom is -0.466 e. The first kappa shape index (κ1) is 27.4. The summed E-state index contributed by atoms with van der Waals surface area (Å²) in [5.41, 5.74) is -0.279. The van der Waals surface area contributed by atoms with E-state index in [1.807, 2.05) is 38.1 Å². The number of amides is 2. The fourth-order valence-corrected chi connectivity index (χ4v) is 6.82. The van der Waals surface area contributed by atoms with Crippen molar-refractivity contribution in [2.24, 2.45) is 17.8 Å². The maximum absolute atomic E-state index is 13.9. The Bertz CT molecular complexity index is 1010. The van der Waals surface area contributed by atoms with Gasteiger partial charge >= 0.3 is 5.97 Å². The van der Waals surface area contributed by atoms with E-state index in [0.29, 0.717) is 31.5 Å². The summed E-state index contributed by atoms with van der Waals surface area (Å²) in [7, 11) is 0. The van der Waals surface area contributed by atoms with Crippen molar-refractivity contribution in [3.8, 4) is 0 Å². The Morgan fingerprint density at radius 1 is 1.19 bits per heavy atom. The van der Waals surface area contributed by atoms with Crippen molar-refractivity contribution >= 4 is 29.2 Å². The topological polar surface area (TPSA) is 108 Å². The summed E-state index contributed by atoms with van der Waals surface area (Å²) in [5.74, 6) is -2.59. The molecule has 2 N–H and O–H groups in total. The van der Waals surface area contributed by atoms with Crippen molar-refractivity contribution in [1.29, 1.82) is 0 Å². The fourth-order valence-electron chi connectivity index (χ4n) is 6.82. The Kier molecular flexibility index (Phi) is 7.85. The number of nitrogens with one attached hydrogen (secondary N) is 1. The van der Waals surface area contributed by atoms with Gasteiger partial charge in [0.1, 0.15) is 17.6 Å². The van der Waals surface area contributed by atoms with Crippen molar-refractivity contribution in [3.63, 3.8) is 0 Å². The molecule has 2 bridgehead atoms. The van der Waals surface area contributed by atoms with Crippen molar-refractivity contribution in [2.45, 2.75) is 71.1 Å². The maximum atomic E-state index is 13.9. The molecule has 0 aliphatic carbocycles. The minimum atomic E-state index is -1.10. The van der Waals surface area contributed by atoms with E-state index in [-0.39, 0.29) is 30.9 Å². The molecule has 3 fully saturated rings. The number of likely N-dealkylation sites (tertiary alicyclic amines) is 1. The summed E-state index contributed by atoms with van der Waals surface area (Å²) < 4.78 is 12.0. The molecule has 0 aromatic heterocycles. The van der Waals surface area contributed by atoms with Crippen LogP contribution in [0.15, 0.2) is 24.3 Å². The molecule has 3 aliphatic heterocycles. The average molecular weight is 516 g/mol. The number of fused-ring (bicyclic) bond motifs is 1. The average Bonchev–Trinajstić information content (AvgIpc) is 3.38. The van der Waals surface area contributed by atoms with E-state index < -0.39 is 35.0 Å². The third kappa shape index (κ3) is 4.40. The molecule has 3 aliphatic rings. The first-order valence-corrected chi connectivity index (χ1v) is 13.6. The predicted octanol–water partition coefficient (Wildman–Crippen LogP) is 2.82. The van der Waals surface area contributed by atoms with Gasteiger partial charge in [-0.25, -0.2) is 0 Å². The van der Waals surface area contributed by atoms with E-state index >= 15 is 0 Å². The van der Waals surface area contributed by atoms with Gasteiger partial charge in [-0.3, -0.25) is 14.4 Å². The van der Waals surface area contributed by atoms with Gasteiger partial charge in [-0.05, 0) is 77.1 Å². The number of aliphatic hydroxyl groups excluding tert-OH is 1. The molecule has 0 saturated carbocycles. The molecule has 9 nitrogen and oxygen atoms in total. The number of benzene rings is 1. The van der Waals surface area contributed by atoms with Gasteiger partial charge < -0.3 is 29.7 Å². The molecule has 37 heavy (non-hydrogen) atoms.